The van der Waals surface area contributed by atoms with E-state index in [1.54, 1.807) is 0 Å². The van der Waals surface area contributed by atoms with Crippen LogP contribution in [0.25, 0.3) is 0 Å². The summed E-state index contributed by atoms with van der Waals surface area (Å²) in [6, 6.07) is 0. The lowest BCUT2D eigenvalue weighted by atomic mass is 9.46. The van der Waals surface area contributed by atoms with E-state index in [0.717, 1.165) is 24.8 Å². The maximum Gasteiger partial charge on any atom is 0.337 e. The molecule has 3 aliphatic rings. The van der Waals surface area contributed by atoms with Gasteiger partial charge in [-0.05, 0) is 49.4 Å². The van der Waals surface area contributed by atoms with E-state index in [1.165, 1.54) is 6.92 Å². The van der Waals surface area contributed by atoms with Crippen LogP contribution >= 0.6 is 0 Å². The van der Waals surface area contributed by atoms with E-state index < -0.39 is 29.6 Å². The van der Waals surface area contributed by atoms with Gasteiger partial charge in [-0.25, -0.2) is 4.79 Å². The molecule has 156 valence electrons. The van der Waals surface area contributed by atoms with Crippen molar-refractivity contribution < 1.29 is 29.3 Å². The molecular formula is C22H32O6. The Morgan fingerprint density at radius 1 is 1.39 bits per heavy atom. The Morgan fingerprint density at radius 3 is 2.75 bits per heavy atom. The van der Waals surface area contributed by atoms with E-state index in [0.29, 0.717) is 18.4 Å². The number of carbonyl (C=O) groups is 2. The van der Waals surface area contributed by atoms with Gasteiger partial charge in [0.05, 0.1) is 18.3 Å². The second-order valence-corrected chi connectivity index (χ2v) is 9.12. The Labute approximate surface area is 166 Å². The monoisotopic (exact) mass is 392 g/mol. The Morgan fingerprint density at radius 2 is 2.11 bits per heavy atom. The molecule has 0 radical (unpaired) electrons. The fourth-order valence-corrected chi connectivity index (χ4v) is 5.85. The molecule has 6 unspecified atom stereocenters. The second-order valence-electron chi connectivity index (χ2n) is 9.12. The molecule has 1 saturated heterocycles. The van der Waals surface area contributed by atoms with Crippen LogP contribution in [0, 0.1) is 22.7 Å². The quantitative estimate of drug-likeness (QED) is 0.434. The second kappa shape index (κ2) is 7.64. The molecule has 28 heavy (non-hydrogen) atoms. The molecule has 2 saturated carbocycles. The summed E-state index contributed by atoms with van der Waals surface area (Å²) < 4.78 is 10.3. The van der Waals surface area contributed by atoms with Gasteiger partial charge in [0.25, 0.3) is 0 Å². The van der Waals surface area contributed by atoms with Crippen molar-refractivity contribution in [3.63, 3.8) is 0 Å². The highest BCUT2D eigenvalue weighted by Crippen LogP contribution is 2.61. The Hall–Kier alpha value is -1.66. The molecule has 0 aromatic heterocycles. The molecule has 0 aromatic rings. The molecule has 1 aliphatic heterocycles. The first kappa shape index (κ1) is 21.1. The van der Waals surface area contributed by atoms with E-state index in [9.17, 15) is 19.8 Å². The van der Waals surface area contributed by atoms with E-state index in [1.807, 2.05) is 13.0 Å². The zero-order chi connectivity index (χ0) is 20.7. The molecular weight excluding hydrogens is 360 g/mol. The normalized spacial score (nSPS) is 42.2. The zero-order valence-electron chi connectivity index (χ0n) is 17.1. The predicted molar refractivity (Wildman–Crippen MR) is 103 cm³/mol. The molecule has 3 fully saturated rings. The molecule has 3 rings (SSSR count). The van der Waals surface area contributed by atoms with Gasteiger partial charge in [-0.15, -0.1) is 0 Å². The van der Waals surface area contributed by atoms with Crippen molar-refractivity contribution in [3.05, 3.63) is 23.8 Å². The number of carbonyl (C=O) groups excluding carboxylic acids is 2. The van der Waals surface area contributed by atoms with Crippen molar-refractivity contribution in [2.24, 2.45) is 22.7 Å². The van der Waals surface area contributed by atoms with Gasteiger partial charge in [0, 0.05) is 12.3 Å². The first-order valence-electron chi connectivity index (χ1n) is 10.1. The van der Waals surface area contributed by atoms with Crippen molar-refractivity contribution in [3.8, 4) is 0 Å². The van der Waals surface area contributed by atoms with E-state index >= 15 is 0 Å². The van der Waals surface area contributed by atoms with Crippen molar-refractivity contribution >= 4 is 11.9 Å². The highest BCUT2D eigenvalue weighted by Gasteiger charge is 2.57. The lowest BCUT2D eigenvalue weighted by molar-refractivity contribution is -0.151. The van der Waals surface area contributed by atoms with Crippen LogP contribution in [0.2, 0.25) is 0 Å². The molecule has 6 heteroatoms. The highest BCUT2D eigenvalue weighted by atomic mass is 16.6. The number of fused-ring (bicyclic) bond motifs is 1. The summed E-state index contributed by atoms with van der Waals surface area (Å²) in [7, 11) is 0. The van der Waals surface area contributed by atoms with Crippen molar-refractivity contribution in [1.82, 2.24) is 0 Å². The Balaban J connectivity index is 1.87. The van der Waals surface area contributed by atoms with Gasteiger partial charge >= 0.3 is 11.9 Å². The molecule has 0 spiro atoms. The fraction of sp³-hybridized carbons (Fsp3) is 0.727. The predicted octanol–water partition coefficient (Wildman–Crippen LogP) is 2.53. The number of esters is 2. The average molecular weight is 392 g/mol. The number of allylic oxidation sites excluding steroid dienone is 2. The Bertz CT molecular complexity index is 697. The number of aliphatic hydroxyl groups is 2. The number of aliphatic hydroxyl groups excluding tert-OH is 2. The summed E-state index contributed by atoms with van der Waals surface area (Å²) in [4.78, 5) is 23.4. The van der Waals surface area contributed by atoms with Crippen LogP contribution in [-0.4, -0.2) is 47.6 Å². The summed E-state index contributed by atoms with van der Waals surface area (Å²) >= 11 is 0. The number of cyclic esters (lactones) is 1. The van der Waals surface area contributed by atoms with Crippen molar-refractivity contribution in [2.75, 3.05) is 13.2 Å². The van der Waals surface area contributed by atoms with Crippen molar-refractivity contribution in [1.29, 1.82) is 0 Å². The van der Waals surface area contributed by atoms with Crippen LogP contribution in [0.4, 0.5) is 0 Å². The minimum Gasteiger partial charge on any atom is -0.458 e. The van der Waals surface area contributed by atoms with Gasteiger partial charge < -0.3 is 19.7 Å². The van der Waals surface area contributed by atoms with Crippen LogP contribution in [0.1, 0.15) is 52.9 Å². The van der Waals surface area contributed by atoms with E-state index in [4.69, 9.17) is 9.47 Å². The first-order chi connectivity index (χ1) is 13.1. The summed E-state index contributed by atoms with van der Waals surface area (Å²) in [6.45, 7) is 9.84. The van der Waals surface area contributed by atoms with Crippen LogP contribution in [0.3, 0.4) is 0 Å². The standard InChI is InChI=1S/C22H32O6/c1-13-5-8-18-21(3,10-9-19(25)22(18,4)12-23)16(13)7-6-15-17(28-14(2)24)11-27-20(15)26/h6,16-19,23,25H,1,5,7-12H2,2-4H3/b15-6+. The number of hydrogen-bond acceptors (Lipinski definition) is 6. The topological polar surface area (TPSA) is 93.1 Å². The zero-order valence-corrected chi connectivity index (χ0v) is 17.1. The third-order valence-corrected chi connectivity index (χ3v) is 7.52. The number of ether oxygens (including phenoxy) is 2. The lowest BCUT2D eigenvalue weighted by Crippen LogP contribution is -2.57. The van der Waals surface area contributed by atoms with Crippen LogP contribution < -0.4 is 0 Å². The number of rotatable bonds is 4. The van der Waals surface area contributed by atoms with Crippen molar-refractivity contribution in [2.45, 2.75) is 65.1 Å². The maximum absolute atomic E-state index is 12.1. The van der Waals surface area contributed by atoms with Crippen LogP contribution in [0.15, 0.2) is 23.8 Å². The third-order valence-electron chi connectivity index (χ3n) is 7.52. The SMILES string of the molecule is C=C1CCC2C(C)(CO)C(O)CCC2(C)C1C/C=C1/C(=O)OCC1OC(C)=O. The van der Waals surface area contributed by atoms with Crippen LogP contribution in [-0.2, 0) is 19.1 Å². The van der Waals surface area contributed by atoms with Gasteiger partial charge in [-0.2, -0.15) is 0 Å². The largest absolute Gasteiger partial charge is 0.458 e. The molecule has 1 heterocycles. The molecule has 6 nitrogen and oxygen atoms in total. The van der Waals surface area contributed by atoms with Gasteiger partial charge in [-0.3, -0.25) is 4.79 Å². The third kappa shape index (κ3) is 3.41. The van der Waals surface area contributed by atoms with Gasteiger partial charge in [0.2, 0.25) is 0 Å². The van der Waals surface area contributed by atoms with Crippen LogP contribution in [0.5, 0.6) is 0 Å². The smallest absolute Gasteiger partial charge is 0.337 e. The van der Waals surface area contributed by atoms with Gasteiger partial charge in [0.15, 0.2) is 6.10 Å². The minimum absolute atomic E-state index is 0.0461. The van der Waals surface area contributed by atoms with Gasteiger partial charge in [-0.1, -0.05) is 32.1 Å². The number of hydrogen-bond donors (Lipinski definition) is 2. The molecule has 0 amide bonds. The van der Waals surface area contributed by atoms with E-state index in [2.05, 4.69) is 13.5 Å². The average Bonchev–Trinajstić information content (AvgIpc) is 2.97. The summed E-state index contributed by atoms with van der Waals surface area (Å²) in [5, 5.41) is 20.7. The molecule has 6 atom stereocenters. The van der Waals surface area contributed by atoms with Gasteiger partial charge in [0.1, 0.15) is 6.61 Å². The van der Waals surface area contributed by atoms with E-state index in [-0.39, 0.29) is 30.5 Å². The molecule has 2 aliphatic carbocycles. The lowest BCUT2D eigenvalue weighted by Gasteiger charge is -2.59. The maximum atomic E-state index is 12.1. The summed E-state index contributed by atoms with van der Waals surface area (Å²) in [6.07, 6.45) is 4.50. The molecule has 0 aromatic carbocycles. The molecule has 2 N–H and O–H groups in total. The first-order valence-corrected chi connectivity index (χ1v) is 10.1. The molecule has 0 bridgehead atoms. The summed E-state index contributed by atoms with van der Waals surface area (Å²) in [5.74, 6) is -0.581. The minimum atomic E-state index is -0.652. The highest BCUT2D eigenvalue weighted by molar-refractivity contribution is 5.92. The fourth-order valence-electron chi connectivity index (χ4n) is 5.85. The summed E-state index contributed by atoms with van der Waals surface area (Å²) in [5.41, 5.74) is 0.881. The Kier molecular flexibility index (Phi) is 5.74.